The van der Waals surface area contributed by atoms with Gasteiger partial charge in [-0.25, -0.2) is 0 Å². The number of Topliss-reactive ketones (excluding diaryl/α,β-unsaturated/α-hetero) is 1. The average molecular weight is 306 g/mol. The summed E-state index contributed by atoms with van der Waals surface area (Å²) in [6, 6.07) is 0. The van der Waals surface area contributed by atoms with Gasteiger partial charge in [0.15, 0.2) is 0 Å². The average Bonchev–Trinajstić information content (AvgIpc) is 2.88. The van der Waals surface area contributed by atoms with Gasteiger partial charge in [0.05, 0.1) is 5.92 Å². The molecule has 0 aromatic carbocycles. The maximum absolute atomic E-state index is 12.5. The zero-order valence-corrected chi connectivity index (χ0v) is 15.0. The van der Waals surface area contributed by atoms with Crippen molar-refractivity contribution >= 4 is 11.8 Å². The fraction of sp³-hybridized carbons (Fsp3) is 0.684. The number of esters is 1. The Bertz CT molecular complexity index is 493. The highest BCUT2D eigenvalue weighted by molar-refractivity contribution is 5.80. The molecule has 22 heavy (non-hydrogen) atoms. The Morgan fingerprint density at radius 1 is 1.18 bits per heavy atom. The number of hydrogen-bond donors (Lipinski definition) is 0. The molecule has 1 fully saturated rings. The number of ether oxygens (including phenoxy) is 1. The Labute approximate surface area is 134 Å². The topological polar surface area (TPSA) is 43.4 Å². The first kappa shape index (κ1) is 18.7. The molecule has 1 saturated carbocycles. The van der Waals surface area contributed by atoms with Gasteiger partial charge in [0.1, 0.15) is 11.9 Å². The molecule has 3 atom stereocenters. The van der Waals surface area contributed by atoms with Gasteiger partial charge in [0, 0.05) is 6.42 Å². The number of hydrogen-bond acceptors (Lipinski definition) is 3. The van der Waals surface area contributed by atoms with E-state index in [-0.39, 0.29) is 35.4 Å². The van der Waals surface area contributed by atoms with Crippen molar-refractivity contribution in [3.05, 3.63) is 23.3 Å². The van der Waals surface area contributed by atoms with Crippen molar-refractivity contribution in [1.29, 1.82) is 0 Å². The molecule has 0 aliphatic heterocycles. The van der Waals surface area contributed by atoms with Crippen molar-refractivity contribution in [2.45, 2.75) is 67.4 Å². The molecule has 3 heteroatoms. The summed E-state index contributed by atoms with van der Waals surface area (Å²) in [6.07, 6.45) is 4.88. The van der Waals surface area contributed by atoms with E-state index in [1.54, 1.807) is 0 Å². The van der Waals surface area contributed by atoms with Gasteiger partial charge in [0.25, 0.3) is 0 Å². The van der Waals surface area contributed by atoms with E-state index in [0.29, 0.717) is 0 Å². The van der Waals surface area contributed by atoms with E-state index in [1.165, 1.54) is 12.5 Å². The Morgan fingerprint density at radius 2 is 1.77 bits per heavy atom. The van der Waals surface area contributed by atoms with Crippen molar-refractivity contribution in [3.8, 4) is 0 Å². The number of rotatable bonds is 7. The van der Waals surface area contributed by atoms with E-state index < -0.39 is 6.10 Å². The molecular weight excluding hydrogens is 276 g/mol. The van der Waals surface area contributed by atoms with Gasteiger partial charge < -0.3 is 4.74 Å². The van der Waals surface area contributed by atoms with Gasteiger partial charge >= 0.3 is 5.97 Å². The molecule has 0 radical (unpaired) electrons. The fourth-order valence-corrected chi connectivity index (χ4v) is 3.02. The molecule has 0 aromatic heterocycles. The van der Waals surface area contributed by atoms with Crippen molar-refractivity contribution in [3.63, 3.8) is 0 Å². The van der Waals surface area contributed by atoms with Crippen molar-refractivity contribution < 1.29 is 14.3 Å². The second kappa shape index (κ2) is 7.26. The summed E-state index contributed by atoms with van der Waals surface area (Å²) in [5, 5.41) is 0. The molecule has 0 heterocycles. The summed E-state index contributed by atoms with van der Waals surface area (Å²) in [4.78, 5) is 24.0. The van der Waals surface area contributed by atoms with E-state index in [0.717, 1.165) is 12.0 Å². The lowest BCUT2D eigenvalue weighted by molar-refractivity contribution is -0.150. The van der Waals surface area contributed by atoms with Gasteiger partial charge in [-0.3, -0.25) is 9.59 Å². The number of carbonyl (C=O) groups excluding carboxylic acids is 2. The maximum Gasteiger partial charge on any atom is 0.310 e. The molecule has 1 rings (SSSR count). The first-order chi connectivity index (χ1) is 10.1. The van der Waals surface area contributed by atoms with Crippen LogP contribution in [0.1, 0.15) is 61.3 Å². The van der Waals surface area contributed by atoms with Crippen LogP contribution in [0.2, 0.25) is 0 Å². The largest absolute Gasteiger partial charge is 0.457 e. The molecule has 1 aliphatic carbocycles. The van der Waals surface area contributed by atoms with Gasteiger partial charge in [-0.15, -0.1) is 0 Å². The van der Waals surface area contributed by atoms with Crippen LogP contribution in [-0.4, -0.2) is 17.9 Å². The van der Waals surface area contributed by atoms with Crippen LogP contribution in [0.4, 0.5) is 0 Å². The summed E-state index contributed by atoms with van der Waals surface area (Å²) >= 11 is 0. The Morgan fingerprint density at radius 3 is 2.23 bits per heavy atom. The smallest absolute Gasteiger partial charge is 0.310 e. The van der Waals surface area contributed by atoms with Gasteiger partial charge in [0.2, 0.25) is 0 Å². The normalized spacial score (nSPS) is 24.4. The van der Waals surface area contributed by atoms with Crippen LogP contribution in [0.25, 0.3) is 0 Å². The summed E-state index contributed by atoms with van der Waals surface area (Å²) < 4.78 is 5.69. The van der Waals surface area contributed by atoms with Gasteiger partial charge in [-0.05, 0) is 51.0 Å². The van der Waals surface area contributed by atoms with E-state index in [9.17, 15) is 9.59 Å². The van der Waals surface area contributed by atoms with E-state index >= 15 is 0 Å². The van der Waals surface area contributed by atoms with Crippen molar-refractivity contribution in [1.82, 2.24) is 0 Å². The Balaban J connectivity index is 2.82. The predicted molar refractivity (Wildman–Crippen MR) is 89.4 cm³/mol. The summed E-state index contributed by atoms with van der Waals surface area (Å²) in [6.45, 7) is 13.8. The third kappa shape index (κ3) is 4.56. The minimum atomic E-state index is -0.422. The van der Waals surface area contributed by atoms with E-state index in [1.807, 2.05) is 33.8 Å². The zero-order valence-electron chi connectivity index (χ0n) is 15.0. The van der Waals surface area contributed by atoms with Crippen LogP contribution in [0, 0.1) is 17.3 Å². The molecule has 0 bridgehead atoms. The van der Waals surface area contributed by atoms with E-state index in [4.69, 9.17) is 4.74 Å². The minimum Gasteiger partial charge on any atom is -0.457 e. The highest BCUT2D eigenvalue weighted by Gasteiger charge is 2.61. The maximum atomic E-state index is 12.5. The predicted octanol–water partition coefficient (Wildman–Crippen LogP) is 4.47. The first-order valence-corrected chi connectivity index (χ1v) is 8.12. The first-order valence-electron chi connectivity index (χ1n) is 8.12. The molecule has 0 N–H and O–H groups in total. The van der Waals surface area contributed by atoms with Crippen LogP contribution >= 0.6 is 0 Å². The Kier molecular flexibility index (Phi) is 6.16. The molecule has 3 nitrogen and oxygen atoms in total. The highest BCUT2D eigenvalue weighted by atomic mass is 16.5. The molecule has 0 saturated heterocycles. The fourth-order valence-electron chi connectivity index (χ4n) is 3.02. The molecule has 0 amide bonds. The van der Waals surface area contributed by atoms with Crippen LogP contribution in [-0.2, 0) is 14.3 Å². The second-order valence-corrected chi connectivity index (χ2v) is 7.26. The number of allylic oxidation sites excluding steroid dienone is 3. The standard InChI is InChI=1S/C19H30O3/c1-8-9-13(4)16(11-14(5)20)22-18(21)17-15(10-12(2)3)19(17,6)7/h9-10,15-17H,8,11H2,1-7H3. The second-order valence-electron chi connectivity index (χ2n) is 7.26. The molecule has 124 valence electrons. The van der Waals surface area contributed by atoms with Crippen LogP contribution in [0.3, 0.4) is 0 Å². The minimum absolute atomic E-state index is 0.0394. The van der Waals surface area contributed by atoms with Crippen molar-refractivity contribution in [2.75, 3.05) is 0 Å². The summed E-state index contributed by atoms with van der Waals surface area (Å²) in [7, 11) is 0. The number of carbonyl (C=O) groups is 2. The lowest BCUT2D eigenvalue weighted by atomic mass is 10.0. The van der Waals surface area contributed by atoms with Gasteiger partial charge in [-0.1, -0.05) is 38.5 Å². The third-order valence-corrected chi connectivity index (χ3v) is 4.44. The highest BCUT2D eigenvalue weighted by Crippen LogP contribution is 2.60. The Hall–Kier alpha value is -1.38. The van der Waals surface area contributed by atoms with Crippen LogP contribution < -0.4 is 0 Å². The third-order valence-electron chi connectivity index (χ3n) is 4.44. The quantitative estimate of drug-likeness (QED) is 0.515. The van der Waals surface area contributed by atoms with Crippen LogP contribution in [0.15, 0.2) is 23.3 Å². The lowest BCUT2D eigenvalue weighted by Crippen LogP contribution is -2.24. The van der Waals surface area contributed by atoms with E-state index in [2.05, 4.69) is 19.9 Å². The van der Waals surface area contributed by atoms with Crippen molar-refractivity contribution in [2.24, 2.45) is 17.3 Å². The van der Waals surface area contributed by atoms with Crippen LogP contribution in [0.5, 0.6) is 0 Å². The molecule has 0 spiro atoms. The SMILES string of the molecule is CCC=C(C)C(CC(C)=O)OC(=O)C1C(C=C(C)C)C1(C)C. The monoisotopic (exact) mass is 306 g/mol. The van der Waals surface area contributed by atoms with Gasteiger partial charge in [-0.2, -0.15) is 0 Å². The number of ketones is 1. The summed E-state index contributed by atoms with van der Waals surface area (Å²) in [5.41, 5.74) is 2.12. The lowest BCUT2D eigenvalue weighted by Gasteiger charge is -2.18. The zero-order chi connectivity index (χ0) is 17.1. The summed E-state index contributed by atoms with van der Waals surface area (Å²) in [5.74, 6) is -0.00937. The molecule has 0 aromatic rings. The molecular formula is C19H30O3. The molecule has 1 aliphatic rings. The molecule has 3 unspecified atom stereocenters.